The van der Waals surface area contributed by atoms with Crippen molar-refractivity contribution in [3.8, 4) is 0 Å². The molecule has 6 heteroatoms. The summed E-state index contributed by atoms with van der Waals surface area (Å²) in [6.07, 6.45) is 9.38. The molecule has 3 heterocycles. The molecule has 0 fully saturated rings. The van der Waals surface area contributed by atoms with Crippen molar-refractivity contribution >= 4 is 32.5 Å². The molecule has 0 aromatic carbocycles. The van der Waals surface area contributed by atoms with Crippen LogP contribution in [-0.2, 0) is 6.42 Å². The van der Waals surface area contributed by atoms with Crippen LogP contribution >= 0.6 is 15.9 Å². The third-order valence-corrected chi connectivity index (χ3v) is 4.12. The van der Waals surface area contributed by atoms with Gasteiger partial charge in [0, 0.05) is 46.1 Å². The fraction of sp³-hybridized carbons (Fsp3) is 0.267. The Bertz CT molecular complexity index is 753. The summed E-state index contributed by atoms with van der Waals surface area (Å²) in [4.78, 5) is 8.62. The molecular weight excluding hydrogens is 330 g/mol. The first-order valence-electron chi connectivity index (χ1n) is 6.86. The van der Waals surface area contributed by atoms with Gasteiger partial charge < -0.3 is 5.32 Å². The number of nitrogens with one attached hydrogen (secondary N) is 2. The van der Waals surface area contributed by atoms with Gasteiger partial charge in [0.25, 0.3) is 0 Å². The number of hydrogen-bond acceptors (Lipinski definition) is 4. The molecule has 0 saturated heterocycles. The maximum Gasteiger partial charge on any atom is 0.135 e. The maximum absolute atomic E-state index is 4.41. The van der Waals surface area contributed by atoms with Crippen molar-refractivity contribution in [3.63, 3.8) is 0 Å². The Labute approximate surface area is 131 Å². The lowest BCUT2D eigenvalue weighted by atomic mass is 10.1. The highest BCUT2D eigenvalue weighted by Crippen LogP contribution is 2.26. The predicted octanol–water partition coefficient (Wildman–Crippen LogP) is 3.47. The molecule has 2 N–H and O–H groups in total. The Balaban J connectivity index is 1.66. The summed E-state index contributed by atoms with van der Waals surface area (Å²) < 4.78 is 0.986. The highest BCUT2D eigenvalue weighted by Gasteiger charge is 2.05. The lowest BCUT2D eigenvalue weighted by Gasteiger charge is -2.09. The van der Waals surface area contributed by atoms with Crippen LogP contribution in [0.15, 0.2) is 35.3 Å². The summed E-state index contributed by atoms with van der Waals surface area (Å²) in [6.45, 7) is 2.91. The van der Waals surface area contributed by atoms with Crippen molar-refractivity contribution in [2.75, 3.05) is 11.9 Å². The number of hydrogen-bond donors (Lipinski definition) is 2. The zero-order chi connectivity index (χ0) is 14.7. The summed E-state index contributed by atoms with van der Waals surface area (Å²) in [6, 6.07) is 1.99. The molecule has 0 saturated carbocycles. The van der Waals surface area contributed by atoms with Crippen LogP contribution in [0, 0.1) is 6.92 Å². The predicted molar refractivity (Wildman–Crippen MR) is 87.4 cm³/mol. The van der Waals surface area contributed by atoms with Crippen LogP contribution in [0.3, 0.4) is 0 Å². The molecule has 0 amide bonds. The smallest absolute Gasteiger partial charge is 0.135 e. The van der Waals surface area contributed by atoms with Gasteiger partial charge in [0.05, 0.1) is 6.20 Å². The van der Waals surface area contributed by atoms with Gasteiger partial charge in [-0.2, -0.15) is 5.10 Å². The molecule has 0 aliphatic carbocycles. The van der Waals surface area contributed by atoms with Gasteiger partial charge in [-0.1, -0.05) is 0 Å². The minimum atomic E-state index is 0.864. The summed E-state index contributed by atoms with van der Waals surface area (Å²) >= 11 is 3.52. The molecule has 108 valence electrons. The second kappa shape index (κ2) is 6.22. The molecular formula is C15H16BrN5. The van der Waals surface area contributed by atoms with Gasteiger partial charge in [0.1, 0.15) is 5.82 Å². The number of aryl methyl sites for hydroxylation is 2. The first-order chi connectivity index (χ1) is 10.3. The molecule has 0 atom stereocenters. The lowest BCUT2D eigenvalue weighted by Crippen LogP contribution is -2.05. The van der Waals surface area contributed by atoms with E-state index in [1.807, 2.05) is 31.6 Å². The van der Waals surface area contributed by atoms with E-state index in [2.05, 4.69) is 41.4 Å². The van der Waals surface area contributed by atoms with Gasteiger partial charge in [-0.05, 0) is 47.3 Å². The zero-order valence-electron chi connectivity index (χ0n) is 11.7. The average molecular weight is 346 g/mol. The first-order valence-corrected chi connectivity index (χ1v) is 7.66. The third-order valence-electron chi connectivity index (χ3n) is 3.49. The van der Waals surface area contributed by atoms with Crippen molar-refractivity contribution in [2.24, 2.45) is 0 Å². The van der Waals surface area contributed by atoms with Crippen molar-refractivity contribution < 1.29 is 0 Å². The number of aromatic nitrogens is 4. The molecule has 0 aliphatic heterocycles. The summed E-state index contributed by atoms with van der Waals surface area (Å²) in [5.41, 5.74) is 2.42. The minimum Gasteiger partial charge on any atom is -0.370 e. The van der Waals surface area contributed by atoms with Crippen LogP contribution < -0.4 is 5.32 Å². The van der Waals surface area contributed by atoms with Crippen LogP contribution in [-0.4, -0.2) is 26.7 Å². The van der Waals surface area contributed by atoms with Crippen molar-refractivity contribution in [2.45, 2.75) is 19.8 Å². The van der Waals surface area contributed by atoms with E-state index in [-0.39, 0.29) is 0 Å². The molecule has 0 aliphatic rings. The van der Waals surface area contributed by atoms with Gasteiger partial charge in [-0.25, -0.2) is 4.98 Å². The summed E-state index contributed by atoms with van der Waals surface area (Å²) in [5, 5.41) is 12.5. The average Bonchev–Trinajstić information content (AvgIpc) is 2.90. The van der Waals surface area contributed by atoms with E-state index in [0.29, 0.717) is 0 Å². The monoisotopic (exact) mass is 345 g/mol. The van der Waals surface area contributed by atoms with Gasteiger partial charge in [0.2, 0.25) is 0 Å². The minimum absolute atomic E-state index is 0.864. The van der Waals surface area contributed by atoms with Crippen LogP contribution in [0.5, 0.6) is 0 Å². The van der Waals surface area contributed by atoms with E-state index in [0.717, 1.165) is 46.1 Å². The normalized spacial score (nSPS) is 11.0. The largest absolute Gasteiger partial charge is 0.370 e. The highest BCUT2D eigenvalue weighted by molar-refractivity contribution is 9.10. The van der Waals surface area contributed by atoms with Gasteiger partial charge in [0.15, 0.2) is 0 Å². The summed E-state index contributed by atoms with van der Waals surface area (Å²) in [5.74, 6) is 0.880. The Morgan fingerprint density at radius 2 is 2.14 bits per heavy atom. The van der Waals surface area contributed by atoms with Crippen molar-refractivity contribution in [3.05, 3.63) is 46.6 Å². The second-order valence-electron chi connectivity index (χ2n) is 4.93. The second-order valence-corrected chi connectivity index (χ2v) is 5.78. The van der Waals surface area contributed by atoms with Crippen molar-refractivity contribution in [1.29, 1.82) is 0 Å². The maximum atomic E-state index is 4.41. The number of H-pyrrole nitrogens is 1. The number of halogens is 1. The molecule has 0 spiro atoms. The van der Waals surface area contributed by atoms with Gasteiger partial charge in [-0.15, -0.1) is 0 Å². The third kappa shape index (κ3) is 3.05. The van der Waals surface area contributed by atoms with E-state index >= 15 is 0 Å². The van der Waals surface area contributed by atoms with E-state index in [9.17, 15) is 0 Å². The Morgan fingerprint density at radius 3 is 2.95 bits per heavy atom. The fourth-order valence-corrected chi connectivity index (χ4v) is 2.78. The number of pyridine rings is 2. The van der Waals surface area contributed by atoms with Crippen LogP contribution in [0.1, 0.15) is 17.7 Å². The Hall–Kier alpha value is -1.95. The quantitative estimate of drug-likeness (QED) is 0.695. The SMILES string of the molecule is Cc1[nH]ncc1CCCNc1nccc2c(Br)cncc12. The fourth-order valence-electron chi connectivity index (χ4n) is 2.31. The van der Waals surface area contributed by atoms with E-state index in [4.69, 9.17) is 0 Å². The lowest BCUT2D eigenvalue weighted by molar-refractivity contribution is 0.854. The number of aromatic amines is 1. The first kappa shape index (κ1) is 14.0. The molecule has 3 rings (SSSR count). The number of fused-ring (bicyclic) bond motifs is 1. The number of rotatable bonds is 5. The zero-order valence-corrected chi connectivity index (χ0v) is 13.3. The molecule has 0 bridgehead atoms. The highest BCUT2D eigenvalue weighted by atomic mass is 79.9. The molecule has 5 nitrogen and oxygen atoms in total. The summed E-state index contributed by atoms with van der Waals surface area (Å²) in [7, 11) is 0. The van der Waals surface area contributed by atoms with Crippen LogP contribution in [0.2, 0.25) is 0 Å². The molecule has 0 unspecified atom stereocenters. The molecule has 3 aromatic rings. The van der Waals surface area contributed by atoms with E-state index in [1.165, 1.54) is 5.56 Å². The van der Waals surface area contributed by atoms with Gasteiger partial charge in [-0.3, -0.25) is 10.1 Å². The standard InChI is InChI=1S/C15H16BrN5/c1-10-11(7-20-21-10)3-2-5-18-15-13-8-17-9-14(16)12(13)4-6-19-15/h4,6-9H,2-3,5H2,1H3,(H,18,19)(H,20,21). The molecule has 21 heavy (non-hydrogen) atoms. The van der Waals surface area contributed by atoms with Crippen LogP contribution in [0.25, 0.3) is 10.8 Å². The number of anilines is 1. The Morgan fingerprint density at radius 1 is 1.24 bits per heavy atom. The van der Waals surface area contributed by atoms with E-state index in [1.54, 1.807) is 6.20 Å². The van der Waals surface area contributed by atoms with E-state index < -0.39 is 0 Å². The van der Waals surface area contributed by atoms with Crippen molar-refractivity contribution in [1.82, 2.24) is 20.2 Å². The Kier molecular flexibility index (Phi) is 4.15. The topological polar surface area (TPSA) is 66.5 Å². The number of nitrogens with zero attached hydrogens (tertiary/aromatic N) is 3. The molecule has 0 radical (unpaired) electrons. The molecule has 3 aromatic heterocycles. The van der Waals surface area contributed by atoms with Crippen LogP contribution in [0.4, 0.5) is 5.82 Å². The van der Waals surface area contributed by atoms with Gasteiger partial charge >= 0.3 is 0 Å².